The Morgan fingerprint density at radius 3 is 2.29 bits per heavy atom. The number of rotatable bonds is 4. The maximum absolute atomic E-state index is 13.3. The second-order valence-corrected chi connectivity index (χ2v) is 6.54. The Balaban J connectivity index is 2.43. The molecule has 6 nitrogen and oxygen atoms in total. The molecule has 3 rings (SSSR count). The number of carbonyl (C=O) groups is 3. The van der Waals surface area contributed by atoms with E-state index in [0.29, 0.717) is 34.6 Å². The van der Waals surface area contributed by atoms with E-state index >= 15 is 0 Å². The van der Waals surface area contributed by atoms with Crippen LogP contribution in [0.1, 0.15) is 46.5 Å². The van der Waals surface area contributed by atoms with Gasteiger partial charge >= 0.3 is 5.97 Å². The summed E-state index contributed by atoms with van der Waals surface area (Å²) in [4.78, 5) is 38.2. The molecule has 0 spiro atoms. The van der Waals surface area contributed by atoms with Gasteiger partial charge in [-0.25, -0.2) is 9.69 Å². The molecule has 2 aromatic carbocycles. The van der Waals surface area contributed by atoms with Crippen LogP contribution < -0.4 is 4.90 Å². The number of amides is 2. The van der Waals surface area contributed by atoms with Gasteiger partial charge < -0.3 is 9.84 Å². The molecule has 2 amide bonds. The van der Waals surface area contributed by atoms with E-state index in [4.69, 9.17) is 4.74 Å². The predicted octanol–water partition coefficient (Wildman–Crippen LogP) is 3.80. The van der Waals surface area contributed by atoms with Crippen LogP contribution in [-0.2, 0) is 14.3 Å². The normalized spacial score (nSPS) is 14.7. The number of hydrogen-bond acceptors (Lipinski definition) is 4. The third kappa shape index (κ3) is 2.97. The van der Waals surface area contributed by atoms with Crippen LogP contribution >= 0.6 is 0 Å². The van der Waals surface area contributed by atoms with Gasteiger partial charge in [0.2, 0.25) is 5.91 Å². The van der Waals surface area contributed by atoms with Crippen LogP contribution in [0.3, 0.4) is 0 Å². The van der Waals surface area contributed by atoms with Crippen LogP contribution in [-0.4, -0.2) is 29.5 Å². The molecule has 1 N–H and O–H groups in total. The summed E-state index contributed by atoms with van der Waals surface area (Å²) >= 11 is 0. The first-order valence-corrected chi connectivity index (χ1v) is 8.94. The lowest BCUT2D eigenvalue weighted by atomic mass is 9.92. The summed E-state index contributed by atoms with van der Waals surface area (Å²) in [5, 5.41) is 9.52. The number of ether oxygens (including phenoxy) is 1. The summed E-state index contributed by atoms with van der Waals surface area (Å²) in [6, 6.07) is 10.6. The average molecular weight is 379 g/mol. The standard InChI is InChI=1S/C22H21NO5/c1-5-28-20(15-9-7-6-8-10-15)19-18-13(3)12(2)16(22(26)27)11-17(18)23(14(4)24)21(19)25/h6-11H,5H2,1-4H3,(H,26,27). The van der Waals surface area contributed by atoms with Crippen LogP contribution in [0.15, 0.2) is 36.4 Å². The zero-order chi connectivity index (χ0) is 20.6. The minimum absolute atomic E-state index is 0.0641. The van der Waals surface area contributed by atoms with Crippen LogP contribution in [0, 0.1) is 13.8 Å². The molecule has 6 heteroatoms. The summed E-state index contributed by atoms with van der Waals surface area (Å²) in [5.74, 6) is -1.72. The van der Waals surface area contributed by atoms with Gasteiger partial charge in [-0.2, -0.15) is 0 Å². The highest BCUT2D eigenvalue weighted by Gasteiger charge is 2.40. The summed E-state index contributed by atoms with van der Waals surface area (Å²) in [6.45, 7) is 6.88. The van der Waals surface area contributed by atoms with Crippen molar-refractivity contribution in [3.63, 3.8) is 0 Å². The lowest BCUT2D eigenvalue weighted by Gasteiger charge is -2.15. The van der Waals surface area contributed by atoms with E-state index in [-0.39, 0.29) is 16.8 Å². The molecule has 0 bridgehead atoms. The monoisotopic (exact) mass is 379 g/mol. The maximum atomic E-state index is 13.3. The number of aromatic carboxylic acids is 1. The number of imide groups is 1. The van der Waals surface area contributed by atoms with E-state index in [1.54, 1.807) is 13.8 Å². The summed E-state index contributed by atoms with van der Waals surface area (Å²) < 4.78 is 5.84. The molecule has 144 valence electrons. The molecule has 1 aliphatic heterocycles. The molecule has 1 aliphatic rings. The first kappa shape index (κ1) is 19.4. The Morgan fingerprint density at radius 1 is 1.11 bits per heavy atom. The lowest BCUT2D eigenvalue weighted by molar-refractivity contribution is -0.122. The summed E-state index contributed by atoms with van der Waals surface area (Å²) in [5.41, 5.74) is 3.05. The smallest absolute Gasteiger partial charge is 0.336 e. The Bertz CT molecular complexity index is 1020. The van der Waals surface area contributed by atoms with Gasteiger partial charge in [0.1, 0.15) is 5.76 Å². The number of benzene rings is 2. The van der Waals surface area contributed by atoms with Crippen LogP contribution in [0.4, 0.5) is 5.69 Å². The van der Waals surface area contributed by atoms with E-state index in [1.807, 2.05) is 37.3 Å². The van der Waals surface area contributed by atoms with Crippen molar-refractivity contribution in [2.75, 3.05) is 11.5 Å². The number of hydrogen-bond donors (Lipinski definition) is 1. The van der Waals surface area contributed by atoms with Gasteiger partial charge in [-0.05, 0) is 38.0 Å². The minimum Gasteiger partial charge on any atom is -0.492 e. The van der Waals surface area contributed by atoms with E-state index in [2.05, 4.69) is 0 Å². The molecule has 28 heavy (non-hydrogen) atoms. The third-order valence-electron chi connectivity index (χ3n) is 4.88. The van der Waals surface area contributed by atoms with Crippen molar-refractivity contribution in [2.24, 2.45) is 0 Å². The zero-order valence-electron chi connectivity index (χ0n) is 16.2. The predicted molar refractivity (Wildman–Crippen MR) is 106 cm³/mol. The molecule has 0 aromatic heterocycles. The second-order valence-electron chi connectivity index (χ2n) is 6.54. The third-order valence-corrected chi connectivity index (χ3v) is 4.88. The van der Waals surface area contributed by atoms with Gasteiger partial charge in [0.05, 0.1) is 23.4 Å². The Hall–Kier alpha value is -3.41. The van der Waals surface area contributed by atoms with Crippen LogP contribution in [0.25, 0.3) is 11.3 Å². The molecular formula is C22H21NO5. The number of carbonyl (C=O) groups excluding carboxylic acids is 2. The highest BCUT2D eigenvalue weighted by Crippen LogP contribution is 2.45. The fourth-order valence-electron chi connectivity index (χ4n) is 3.50. The first-order valence-electron chi connectivity index (χ1n) is 8.94. The van der Waals surface area contributed by atoms with Gasteiger partial charge in [-0.3, -0.25) is 9.59 Å². The van der Waals surface area contributed by atoms with E-state index < -0.39 is 17.8 Å². The topological polar surface area (TPSA) is 83.9 Å². The highest BCUT2D eigenvalue weighted by molar-refractivity contribution is 6.43. The molecule has 0 radical (unpaired) electrons. The number of fused-ring (bicyclic) bond motifs is 1. The van der Waals surface area contributed by atoms with Crippen molar-refractivity contribution in [1.29, 1.82) is 0 Å². The lowest BCUT2D eigenvalue weighted by Crippen LogP contribution is -2.31. The van der Waals surface area contributed by atoms with Crippen LogP contribution in [0.5, 0.6) is 0 Å². The quantitative estimate of drug-likeness (QED) is 0.645. The van der Waals surface area contributed by atoms with Gasteiger partial charge in [0.15, 0.2) is 0 Å². The summed E-state index contributed by atoms with van der Waals surface area (Å²) in [6.07, 6.45) is 0. The molecule has 0 aliphatic carbocycles. The van der Waals surface area contributed by atoms with E-state index in [0.717, 1.165) is 4.90 Å². The minimum atomic E-state index is -1.11. The number of carboxylic acids is 1. The van der Waals surface area contributed by atoms with Crippen molar-refractivity contribution < 1.29 is 24.2 Å². The molecule has 0 fully saturated rings. The largest absolute Gasteiger partial charge is 0.492 e. The molecule has 0 atom stereocenters. The van der Waals surface area contributed by atoms with Gasteiger partial charge in [0.25, 0.3) is 5.91 Å². The number of anilines is 1. The molecule has 1 heterocycles. The van der Waals surface area contributed by atoms with Crippen molar-refractivity contribution in [3.05, 3.63) is 64.2 Å². The SMILES string of the molecule is CCOC(=C1C(=O)N(C(C)=O)c2cc(C(=O)O)c(C)c(C)c21)c1ccccc1. The average Bonchev–Trinajstić information content (AvgIpc) is 2.95. The van der Waals surface area contributed by atoms with Gasteiger partial charge in [-0.1, -0.05) is 30.3 Å². The highest BCUT2D eigenvalue weighted by atomic mass is 16.5. The van der Waals surface area contributed by atoms with E-state index in [9.17, 15) is 19.5 Å². The first-order chi connectivity index (χ1) is 13.3. The fourth-order valence-corrected chi connectivity index (χ4v) is 3.50. The van der Waals surface area contributed by atoms with Gasteiger partial charge in [-0.15, -0.1) is 0 Å². The zero-order valence-corrected chi connectivity index (χ0v) is 16.2. The second kappa shape index (κ2) is 7.31. The van der Waals surface area contributed by atoms with Crippen molar-refractivity contribution in [1.82, 2.24) is 0 Å². The van der Waals surface area contributed by atoms with Crippen molar-refractivity contribution in [3.8, 4) is 0 Å². The van der Waals surface area contributed by atoms with Crippen molar-refractivity contribution in [2.45, 2.75) is 27.7 Å². The number of nitrogens with zero attached hydrogens (tertiary/aromatic N) is 1. The molecule has 0 saturated carbocycles. The van der Waals surface area contributed by atoms with Crippen molar-refractivity contribution >= 4 is 34.8 Å². The maximum Gasteiger partial charge on any atom is 0.336 e. The molecule has 2 aromatic rings. The Labute approximate surface area is 163 Å². The fraction of sp³-hybridized carbons (Fsp3) is 0.227. The Morgan fingerprint density at radius 2 is 1.75 bits per heavy atom. The van der Waals surface area contributed by atoms with Gasteiger partial charge in [0, 0.05) is 18.1 Å². The number of carboxylic acid groups (broad SMARTS) is 1. The van der Waals surface area contributed by atoms with Crippen LogP contribution in [0.2, 0.25) is 0 Å². The van der Waals surface area contributed by atoms with E-state index in [1.165, 1.54) is 13.0 Å². The molecule has 0 saturated heterocycles. The molecular weight excluding hydrogens is 358 g/mol. The Kier molecular flexibility index (Phi) is 5.05. The summed E-state index contributed by atoms with van der Waals surface area (Å²) in [7, 11) is 0. The molecule has 0 unspecified atom stereocenters.